The predicted molar refractivity (Wildman–Crippen MR) is 111 cm³/mol. The van der Waals surface area contributed by atoms with Crippen LogP contribution in [0.3, 0.4) is 0 Å². The first-order valence-electron chi connectivity index (χ1n) is 8.52. The summed E-state index contributed by atoms with van der Waals surface area (Å²) in [5.74, 6) is 1.35. The highest BCUT2D eigenvalue weighted by molar-refractivity contribution is 14.0. The van der Waals surface area contributed by atoms with Gasteiger partial charge in [-0.1, -0.05) is 26.0 Å². The first kappa shape index (κ1) is 20.7. The lowest BCUT2D eigenvalue weighted by Crippen LogP contribution is -2.43. The number of benzene rings is 1. The Morgan fingerprint density at radius 2 is 2.25 bits per heavy atom. The van der Waals surface area contributed by atoms with Crippen molar-refractivity contribution in [1.82, 2.24) is 4.90 Å². The van der Waals surface area contributed by atoms with Gasteiger partial charge in [0.05, 0.1) is 6.54 Å². The maximum absolute atomic E-state index is 11.7. The van der Waals surface area contributed by atoms with Gasteiger partial charge in [0.15, 0.2) is 5.96 Å². The topological polar surface area (TPSA) is 70.7 Å². The molecule has 6 heteroatoms. The van der Waals surface area contributed by atoms with Gasteiger partial charge < -0.3 is 16.0 Å². The van der Waals surface area contributed by atoms with Gasteiger partial charge >= 0.3 is 0 Å². The minimum atomic E-state index is 0. The van der Waals surface area contributed by atoms with Crippen LogP contribution in [0.15, 0.2) is 29.3 Å². The van der Waals surface area contributed by atoms with E-state index in [0.29, 0.717) is 24.8 Å². The molecule has 0 aliphatic carbocycles. The summed E-state index contributed by atoms with van der Waals surface area (Å²) in [6.45, 7) is 6.76. The summed E-state index contributed by atoms with van der Waals surface area (Å²) < 4.78 is 0. The minimum Gasteiger partial charge on any atom is -0.370 e. The highest BCUT2D eigenvalue weighted by Crippen LogP contribution is 2.16. The van der Waals surface area contributed by atoms with Crippen molar-refractivity contribution in [3.63, 3.8) is 0 Å². The van der Waals surface area contributed by atoms with Crippen molar-refractivity contribution >= 4 is 41.5 Å². The zero-order valence-corrected chi connectivity index (χ0v) is 17.0. The lowest BCUT2D eigenvalue weighted by Gasteiger charge is -2.31. The second-order valence-corrected chi connectivity index (χ2v) is 6.37. The van der Waals surface area contributed by atoms with Gasteiger partial charge in [-0.15, -0.1) is 24.0 Å². The lowest BCUT2D eigenvalue weighted by molar-refractivity contribution is -0.116. The molecule has 1 amide bonds. The Morgan fingerprint density at radius 3 is 2.96 bits per heavy atom. The number of carbonyl (C=O) groups is 1. The van der Waals surface area contributed by atoms with E-state index in [0.717, 1.165) is 30.8 Å². The molecule has 1 fully saturated rings. The first-order valence-corrected chi connectivity index (χ1v) is 8.52. The molecule has 1 heterocycles. The molecular formula is C18H29IN4O. The zero-order chi connectivity index (χ0) is 16.7. The second kappa shape index (κ2) is 10.5. The number of nitrogens with zero attached hydrogens (tertiary/aromatic N) is 2. The van der Waals surface area contributed by atoms with E-state index >= 15 is 0 Å². The van der Waals surface area contributed by atoms with E-state index in [1.165, 1.54) is 12.8 Å². The molecule has 1 aromatic carbocycles. The molecule has 0 radical (unpaired) electrons. The Labute approximate surface area is 162 Å². The average molecular weight is 444 g/mol. The molecule has 0 bridgehead atoms. The summed E-state index contributed by atoms with van der Waals surface area (Å²) in [5.41, 5.74) is 7.99. The Hall–Kier alpha value is -1.31. The van der Waals surface area contributed by atoms with Gasteiger partial charge in [-0.05, 0) is 42.9 Å². The number of anilines is 1. The number of rotatable bonds is 5. The summed E-state index contributed by atoms with van der Waals surface area (Å²) in [6, 6.07) is 7.80. The minimum absolute atomic E-state index is 0. The van der Waals surface area contributed by atoms with E-state index in [1.807, 2.05) is 31.2 Å². The number of hydrogen-bond acceptors (Lipinski definition) is 2. The summed E-state index contributed by atoms with van der Waals surface area (Å²) in [6.07, 6.45) is 3.84. The highest BCUT2D eigenvalue weighted by atomic mass is 127. The molecule has 134 valence electrons. The van der Waals surface area contributed by atoms with Crippen LogP contribution in [0.5, 0.6) is 0 Å². The number of halogens is 1. The smallest absolute Gasteiger partial charge is 0.224 e. The average Bonchev–Trinajstić information content (AvgIpc) is 2.53. The highest BCUT2D eigenvalue weighted by Gasteiger charge is 2.17. The van der Waals surface area contributed by atoms with Crippen LogP contribution in [0.1, 0.15) is 45.1 Å². The number of likely N-dealkylation sites (tertiary alicyclic amines) is 1. The van der Waals surface area contributed by atoms with Gasteiger partial charge in [0.2, 0.25) is 5.91 Å². The van der Waals surface area contributed by atoms with Crippen LogP contribution < -0.4 is 11.1 Å². The normalized spacial score (nSPS) is 18.0. The third-order valence-electron chi connectivity index (χ3n) is 4.09. The third-order valence-corrected chi connectivity index (χ3v) is 4.09. The fourth-order valence-electron chi connectivity index (χ4n) is 2.87. The van der Waals surface area contributed by atoms with Crippen molar-refractivity contribution in [3.05, 3.63) is 29.8 Å². The molecule has 1 aromatic rings. The maximum atomic E-state index is 11.7. The van der Waals surface area contributed by atoms with E-state index in [1.54, 1.807) is 0 Å². The SMILES string of the molecule is CCCC(=O)Nc1cccc(CN=C(N)N2CCCC(C)C2)c1.I. The van der Waals surface area contributed by atoms with Crippen molar-refractivity contribution in [2.24, 2.45) is 16.6 Å². The number of guanidine groups is 1. The zero-order valence-electron chi connectivity index (χ0n) is 14.6. The Morgan fingerprint density at radius 1 is 1.46 bits per heavy atom. The van der Waals surface area contributed by atoms with E-state index in [9.17, 15) is 4.79 Å². The fraction of sp³-hybridized carbons (Fsp3) is 0.556. The lowest BCUT2D eigenvalue weighted by atomic mass is 10.0. The van der Waals surface area contributed by atoms with Crippen molar-refractivity contribution < 1.29 is 4.79 Å². The Kier molecular flexibility index (Phi) is 9.10. The molecule has 1 atom stereocenters. The summed E-state index contributed by atoms with van der Waals surface area (Å²) in [7, 11) is 0. The number of hydrogen-bond donors (Lipinski definition) is 2. The predicted octanol–water partition coefficient (Wildman–Crippen LogP) is 3.59. The molecule has 0 spiro atoms. The molecule has 1 saturated heterocycles. The van der Waals surface area contributed by atoms with Crippen LogP contribution in [-0.4, -0.2) is 29.9 Å². The Balaban J connectivity index is 0.00000288. The number of amides is 1. The molecule has 0 saturated carbocycles. The molecular weight excluding hydrogens is 415 g/mol. The molecule has 1 unspecified atom stereocenters. The van der Waals surface area contributed by atoms with E-state index < -0.39 is 0 Å². The van der Waals surface area contributed by atoms with Gasteiger partial charge in [0, 0.05) is 25.2 Å². The van der Waals surface area contributed by atoms with E-state index in [2.05, 4.69) is 22.1 Å². The van der Waals surface area contributed by atoms with Crippen molar-refractivity contribution in [1.29, 1.82) is 0 Å². The van der Waals surface area contributed by atoms with Crippen LogP contribution in [0.4, 0.5) is 5.69 Å². The number of aliphatic imine (C=N–C) groups is 1. The van der Waals surface area contributed by atoms with Crippen LogP contribution in [0.2, 0.25) is 0 Å². The molecule has 5 nitrogen and oxygen atoms in total. The summed E-state index contributed by atoms with van der Waals surface area (Å²) in [5, 5.41) is 2.91. The van der Waals surface area contributed by atoms with Crippen LogP contribution in [0.25, 0.3) is 0 Å². The number of piperidine rings is 1. The number of nitrogens with one attached hydrogen (secondary N) is 1. The molecule has 1 aliphatic rings. The second-order valence-electron chi connectivity index (χ2n) is 6.37. The third kappa shape index (κ3) is 6.67. The van der Waals surface area contributed by atoms with Gasteiger partial charge in [-0.3, -0.25) is 4.79 Å². The van der Waals surface area contributed by atoms with Crippen molar-refractivity contribution in [2.75, 3.05) is 18.4 Å². The summed E-state index contributed by atoms with van der Waals surface area (Å²) in [4.78, 5) is 18.3. The molecule has 3 N–H and O–H groups in total. The Bertz CT molecular complexity index is 562. The molecule has 24 heavy (non-hydrogen) atoms. The van der Waals surface area contributed by atoms with Crippen LogP contribution >= 0.6 is 24.0 Å². The standard InChI is InChI=1S/C18H28N4O.HI/c1-3-6-17(23)21-16-9-4-8-15(11-16)12-20-18(19)22-10-5-7-14(2)13-22;/h4,8-9,11,14H,3,5-7,10,12-13H2,1-2H3,(H2,19,20)(H,21,23);1H. The molecule has 0 aromatic heterocycles. The molecule has 2 rings (SSSR count). The number of nitrogens with two attached hydrogens (primary N) is 1. The van der Waals surface area contributed by atoms with Crippen LogP contribution in [-0.2, 0) is 11.3 Å². The van der Waals surface area contributed by atoms with E-state index in [4.69, 9.17) is 5.73 Å². The number of carbonyl (C=O) groups excluding carboxylic acids is 1. The quantitative estimate of drug-likeness (QED) is 0.414. The van der Waals surface area contributed by atoms with Crippen molar-refractivity contribution in [2.45, 2.75) is 46.1 Å². The maximum Gasteiger partial charge on any atom is 0.224 e. The van der Waals surface area contributed by atoms with Crippen molar-refractivity contribution in [3.8, 4) is 0 Å². The largest absolute Gasteiger partial charge is 0.370 e. The van der Waals surface area contributed by atoms with Crippen LogP contribution in [0, 0.1) is 5.92 Å². The first-order chi connectivity index (χ1) is 11.1. The van der Waals surface area contributed by atoms with E-state index in [-0.39, 0.29) is 29.9 Å². The summed E-state index contributed by atoms with van der Waals surface area (Å²) >= 11 is 0. The van der Waals surface area contributed by atoms with Gasteiger partial charge in [0.25, 0.3) is 0 Å². The molecule has 1 aliphatic heterocycles. The van der Waals surface area contributed by atoms with Gasteiger partial charge in [-0.2, -0.15) is 0 Å². The monoisotopic (exact) mass is 444 g/mol. The van der Waals surface area contributed by atoms with Gasteiger partial charge in [0.1, 0.15) is 0 Å². The van der Waals surface area contributed by atoms with Gasteiger partial charge in [-0.25, -0.2) is 4.99 Å². The fourth-order valence-corrected chi connectivity index (χ4v) is 2.87.